The summed E-state index contributed by atoms with van der Waals surface area (Å²) in [5, 5.41) is 0. The van der Waals surface area contributed by atoms with Gasteiger partial charge in [-0.05, 0) is 25.1 Å². The average molecular weight is 189 g/mol. The second-order valence-corrected chi connectivity index (χ2v) is 3.62. The molecule has 1 aromatic carbocycles. The smallest absolute Gasteiger partial charge is 0.110 e. The summed E-state index contributed by atoms with van der Waals surface area (Å²) in [6.45, 7) is 2.85. The van der Waals surface area contributed by atoms with Crippen LogP contribution >= 0.6 is 0 Å². The highest BCUT2D eigenvalue weighted by molar-refractivity contribution is 5.74. The first-order valence-corrected chi connectivity index (χ1v) is 4.96. The van der Waals surface area contributed by atoms with Gasteiger partial charge < -0.3 is 10.7 Å². The second kappa shape index (κ2) is 3.80. The van der Waals surface area contributed by atoms with Crippen LogP contribution in [0.1, 0.15) is 25.1 Å². The minimum atomic E-state index is 0.410. The van der Waals surface area contributed by atoms with E-state index < -0.39 is 0 Å². The van der Waals surface area contributed by atoms with E-state index in [1.807, 2.05) is 24.3 Å². The minimum Gasteiger partial charge on any atom is -0.342 e. The van der Waals surface area contributed by atoms with Crippen molar-refractivity contribution in [2.24, 2.45) is 5.73 Å². The van der Waals surface area contributed by atoms with Gasteiger partial charge in [0.05, 0.1) is 11.0 Å². The highest BCUT2D eigenvalue weighted by atomic mass is 14.9. The minimum absolute atomic E-state index is 0.410. The maximum absolute atomic E-state index is 5.52. The highest BCUT2D eigenvalue weighted by Gasteiger charge is 2.08. The summed E-state index contributed by atoms with van der Waals surface area (Å²) in [5.74, 6) is 1.45. The van der Waals surface area contributed by atoms with Gasteiger partial charge in [0.1, 0.15) is 5.82 Å². The van der Waals surface area contributed by atoms with Crippen molar-refractivity contribution in [2.75, 3.05) is 6.54 Å². The Morgan fingerprint density at radius 3 is 2.93 bits per heavy atom. The van der Waals surface area contributed by atoms with E-state index in [4.69, 9.17) is 5.73 Å². The van der Waals surface area contributed by atoms with Crippen molar-refractivity contribution in [3.8, 4) is 0 Å². The zero-order valence-electron chi connectivity index (χ0n) is 8.33. The third-order valence-electron chi connectivity index (χ3n) is 2.47. The van der Waals surface area contributed by atoms with Crippen LogP contribution in [0, 0.1) is 0 Å². The molecule has 14 heavy (non-hydrogen) atoms. The van der Waals surface area contributed by atoms with E-state index in [1.165, 1.54) is 0 Å². The first-order valence-electron chi connectivity index (χ1n) is 4.96. The Balaban J connectivity index is 2.35. The summed E-state index contributed by atoms with van der Waals surface area (Å²) in [6.07, 6.45) is 0.972. The van der Waals surface area contributed by atoms with E-state index in [-0.39, 0.29) is 0 Å². The maximum Gasteiger partial charge on any atom is 0.110 e. The highest BCUT2D eigenvalue weighted by Crippen LogP contribution is 2.18. The first-order chi connectivity index (χ1) is 6.81. The van der Waals surface area contributed by atoms with E-state index in [9.17, 15) is 0 Å². The van der Waals surface area contributed by atoms with Gasteiger partial charge in [0.25, 0.3) is 0 Å². The third-order valence-corrected chi connectivity index (χ3v) is 2.47. The van der Waals surface area contributed by atoms with Crippen LogP contribution in [0.4, 0.5) is 0 Å². The van der Waals surface area contributed by atoms with E-state index in [0.29, 0.717) is 12.5 Å². The molecular formula is C11H15N3. The molecule has 3 N–H and O–H groups in total. The molecule has 3 nitrogen and oxygen atoms in total. The predicted octanol–water partition coefficient (Wildman–Crippen LogP) is 2.02. The molecule has 0 radical (unpaired) electrons. The molecule has 3 heteroatoms. The van der Waals surface area contributed by atoms with Crippen LogP contribution in [0.3, 0.4) is 0 Å². The lowest BCUT2D eigenvalue weighted by molar-refractivity contribution is 0.657. The van der Waals surface area contributed by atoms with Crippen LogP contribution in [-0.2, 0) is 0 Å². The Bertz CT molecular complexity index is 386. The van der Waals surface area contributed by atoms with Crippen molar-refractivity contribution in [3.63, 3.8) is 0 Å². The Labute approximate surface area is 83.3 Å². The second-order valence-electron chi connectivity index (χ2n) is 3.62. The van der Waals surface area contributed by atoms with E-state index in [1.54, 1.807) is 0 Å². The number of fused-ring (bicyclic) bond motifs is 1. The molecule has 1 aromatic heterocycles. The first kappa shape index (κ1) is 9.21. The number of hydrogen-bond donors (Lipinski definition) is 2. The van der Waals surface area contributed by atoms with Crippen LogP contribution in [0.2, 0.25) is 0 Å². The van der Waals surface area contributed by atoms with Gasteiger partial charge in [0.15, 0.2) is 0 Å². The lowest BCUT2D eigenvalue weighted by Gasteiger charge is -2.04. The van der Waals surface area contributed by atoms with Gasteiger partial charge in [-0.3, -0.25) is 0 Å². The molecule has 0 aliphatic carbocycles. The van der Waals surface area contributed by atoms with Gasteiger partial charge in [-0.2, -0.15) is 0 Å². The average Bonchev–Trinajstić information content (AvgIpc) is 2.61. The fourth-order valence-electron chi connectivity index (χ4n) is 1.59. The molecule has 0 bridgehead atoms. The quantitative estimate of drug-likeness (QED) is 0.776. The molecule has 0 fully saturated rings. The zero-order chi connectivity index (χ0) is 9.97. The largest absolute Gasteiger partial charge is 0.342 e. The van der Waals surface area contributed by atoms with Crippen molar-refractivity contribution < 1.29 is 0 Å². The van der Waals surface area contributed by atoms with Crippen molar-refractivity contribution in [1.82, 2.24) is 9.97 Å². The van der Waals surface area contributed by atoms with E-state index in [2.05, 4.69) is 16.9 Å². The van der Waals surface area contributed by atoms with Crippen molar-refractivity contribution in [1.29, 1.82) is 0 Å². The van der Waals surface area contributed by atoms with Gasteiger partial charge in [-0.15, -0.1) is 0 Å². The number of H-pyrrole nitrogens is 1. The van der Waals surface area contributed by atoms with Gasteiger partial charge in [0.2, 0.25) is 0 Å². The molecule has 1 heterocycles. The predicted molar refractivity (Wildman–Crippen MR) is 58.2 cm³/mol. The topological polar surface area (TPSA) is 54.7 Å². The lowest BCUT2D eigenvalue weighted by atomic mass is 10.1. The Kier molecular flexibility index (Phi) is 2.50. The molecule has 2 rings (SSSR count). The summed E-state index contributed by atoms with van der Waals surface area (Å²) in [7, 11) is 0. The summed E-state index contributed by atoms with van der Waals surface area (Å²) < 4.78 is 0. The Morgan fingerprint density at radius 2 is 2.21 bits per heavy atom. The molecule has 1 atom stereocenters. The van der Waals surface area contributed by atoms with E-state index >= 15 is 0 Å². The molecule has 2 aromatic rings. The van der Waals surface area contributed by atoms with Gasteiger partial charge >= 0.3 is 0 Å². The fourth-order valence-corrected chi connectivity index (χ4v) is 1.59. The third kappa shape index (κ3) is 1.63. The summed E-state index contributed by atoms with van der Waals surface area (Å²) in [6, 6.07) is 8.07. The SMILES string of the molecule is CC(CCN)c1nc2ccccc2[nH]1. The monoisotopic (exact) mass is 189 g/mol. The standard InChI is InChI=1S/C11H15N3/c1-8(6-7-12)11-13-9-4-2-3-5-10(9)14-11/h2-5,8H,6-7,12H2,1H3,(H,13,14). The maximum atomic E-state index is 5.52. The summed E-state index contributed by atoms with van der Waals surface area (Å²) in [4.78, 5) is 7.83. The van der Waals surface area contributed by atoms with Crippen LogP contribution in [-0.4, -0.2) is 16.5 Å². The van der Waals surface area contributed by atoms with Crippen LogP contribution < -0.4 is 5.73 Å². The van der Waals surface area contributed by atoms with Gasteiger partial charge in [-0.1, -0.05) is 19.1 Å². The Hall–Kier alpha value is -1.35. The molecule has 1 unspecified atom stereocenters. The number of imidazole rings is 1. The molecule has 0 spiro atoms. The number of rotatable bonds is 3. The summed E-state index contributed by atoms with van der Waals surface area (Å²) in [5.41, 5.74) is 7.66. The molecule has 0 saturated heterocycles. The Morgan fingerprint density at radius 1 is 1.43 bits per heavy atom. The van der Waals surface area contributed by atoms with Crippen molar-refractivity contribution in [3.05, 3.63) is 30.1 Å². The number of nitrogens with zero attached hydrogens (tertiary/aromatic N) is 1. The molecule has 0 saturated carbocycles. The molecule has 74 valence electrons. The molecule has 0 aliphatic heterocycles. The van der Waals surface area contributed by atoms with Gasteiger partial charge in [-0.25, -0.2) is 4.98 Å². The van der Waals surface area contributed by atoms with E-state index in [0.717, 1.165) is 23.3 Å². The number of aromatic amines is 1. The van der Waals surface area contributed by atoms with Crippen LogP contribution in [0.25, 0.3) is 11.0 Å². The number of nitrogens with two attached hydrogens (primary N) is 1. The molecule has 0 amide bonds. The number of aromatic nitrogens is 2. The molecular weight excluding hydrogens is 174 g/mol. The number of nitrogens with one attached hydrogen (secondary N) is 1. The molecule has 0 aliphatic rings. The fraction of sp³-hybridized carbons (Fsp3) is 0.364. The van der Waals surface area contributed by atoms with Crippen molar-refractivity contribution in [2.45, 2.75) is 19.3 Å². The summed E-state index contributed by atoms with van der Waals surface area (Å²) >= 11 is 0. The van der Waals surface area contributed by atoms with Crippen molar-refractivity contribution >= 4 is 11.0 Å². The zero-order valence-corrected chi connectivity index (χ0v) is 8.33. The lowest BCUT2D eigenvalue weighted by Crippen LogP contribution is -2.05. The normalized spacial score (nSPS) is 13.3. The number of hydrogen-bond acceptors (Lipinski definition) is 2. The van der Waals surface area contributed by atoms with Gasteiger partial charge in [0, 0.05) is 5.92 Å². The number of para-hydroxylation sites is 2. The van der Waals surface area contributed by atoms with Crippen LogP contribution in [0.15, 0.2) is 24.3 Å². The van der Waals surface area contributed by atoms with Crippen LogP contribution in [0.5, 0.6) is 0 Å². The number of benzene rings is 1.